The Hall–Kier alpha value is -6.93. The first-order valence-corrected chi connectivity index (χ1v) is 25.4. The molecule has 2 rings (SSSR count). The number of carbonyl (C=O) groups is 9. The summed E-state index contributed by atoms with van der Waals surface area (Å²) in [5.74, 6) is -9.95. The molecule has 1 fully saturated rings. The molecule has 0 saturated carbocycles. The molecular weight excluding hydrogens is 1010 g/mol. The number of rotatable bonds is 36. The average molecular weight is 1090 g/mol. The van der Waals surface area contributed by atoms with E-state index < -0.39 is 145 Å². The SMILES string of the molecule is NCCCC[C@H](NC(=O)[C@H](Cc1ccccc1F)NC(=O)[C@@H]1CCCN1C(=O)[C@@H](CCCN)NC(=O)CNC(=O)[C@@H](NC(=O)[C@@H](NC(=O)[C@@H](N)CCCCN)[C@@H](O)CN)[C@@H](O)CN)C(=O)N/C(=C\CCN=C(N)N)C(=O)O. The monoisotopic (exact) mass is 1090 g/mol. The van der Waals surface area contributed by atoms with Gasteiger partial charge in [0.25, 0.3) is 0 Å². The number of nitrogens with zero attached hydrogens (tertiary/aromatic N) is 2. The number of hydrogen-bond donors (Lipinski definition) is 18. The van der Waals surface area contributed by atoms with E-state index in [1.807, 2.05) is 0 Å². The molecule has 9 atom stereocenters. The molecule has 0 aromatic heterocycles. The van der Waals surface area contributed by atoms with Crippen LogP contribution in [0.15, 0.2) is 41.0 Å². The Morgan fingerprint density at radius 1 is 0.714 bits per heavy atom. The lowest BCUT2D eigenvalue weighted by Crippen LogP contribution is -2.63. The van der Waals surface area contributed by atoms with Gasteiger partial charge < -0.3 is 103 Å². The molecule has 1 saturated heterocycles. The van der Waals surface area contributed by atoms with E-state index >= 15 is 4.39 Å². The molecule has 0 spiro atoms. The topological polar surface area (TPSA) is 522 Å². The van der Waals surface area contributed by atoms with Crippen molar-refractivity contribution in [2.75, 3.05) is 52.4 Å². The Morgan fingerprint density at radius 3 is 1.91 bits per heavy atom. The number of carbonyl (C=O) groups excluding carboxylic acids is 8. The summed E-state index contributed by atoms with van der Waals surface area (Å²) in [6.07, 6.45) is -0.162. The number of guanidine groups is 1. The standard InChI is InChI=1S/C47H80FN17O12/c48-27-11-2-1-10-26(27)22-32(41(71)60-29(13-4-6-18-50)40(70)61-31(46(76)77)15-8-20-57-47(55)56)62-42(72)33-16-9-21-65(33)45(75)30(14-7-19-51)59-36(68)25-58-43(73)37(34(66)23-52)64-44(74)38(35(67)24-53)63-39(69)28(54)12-3-5-17-49/h1-2,10-11,15,28-30,32-35,37-38,66-67H,3-9,12-14,16-25,49-54H2,(H,58,73)(H,59,68)(H,60,71)(H,61,70)(H,62,72)(H,63,69)(H,64,74)(H,76,77)(H4,55,56,57)/b31-15-/t28-,29-,30+,32-,33-,34-,35-,37-,38-/m0/s1. The highest BCUT2D eigenvalue weighted by molar-refractivity contribution is 5.99. The van der Waals surface area contributed by atoms with Gasteiger partial charge in [-0.1, -0.05) is 30.7 Å². The fourth-order valence-electron chi connectivity index (χ4n) is 7.90. The molecule has 29 nitrogen and oxygen atoms in total. The second-order valence-electron chi connectivity index (χ2n) is 18.1. The van der Waals surface area contributed by atoms with Gasteiger partial charge in [-0.05, 0) is 95.5 Å². The summed E-state index contributed by atoms with van der Waals surface area (Å²) in [4.78, 5) is 126. The third-order valence-electron chi connectivity index (χ3n) is 12.2. The number of aliphatic hydroxyl groups excluding tert-OH is 2. The van der Waals surface area contributed by atoms with Crippen molar-refractivity contribution in [3.8, 4) is 0 Å². The zero-order valence-electron chi connectivity index (χ0n) is 43.1. The smallest absolute Gasteiger partial charge is 0.352 e. The number of benzene rings is 1. The molecule has 77 heavy (non-hydrogen) atoms. The molecule has 432 valence electrons. The Bertz CT molecular complexity index is 2190. The lowest BCUT2D eigenvalue weighted by atomic mass is 10.0. The van der Waals surface area contributed by atoms with Crippen LogP contribution in [0.2, 0.25) is 0 Å². The third-order valence-corrected chi connectivity index (χ3v) is 12.2. The number of aliphatic carboxylic acids is 1. The van der Waals surface area contributed by atoms with Crippen LogP contribution in [0.1, 0.15) is 76.2 Å². The minimum Gasteiger partial charge on any atom is -0.477 e. The fourth-order valence-corrected chi connectivity index (χ4v) is 7.90. The molecule has 0 radical (unpaired) electrons. The molecule has 8 amide bonds. The number of aliphatic hydroxyl groups is 2. The van der Waals surface area contributed by atoms with Gasteiger partial charge in [0.15, 0.2) is 5.96 Å². The van der Waals surface area contributed by atoms with Crippen molar-refractivity contribution in [3.63, 3.8) is 0 Å². The molecule has 1 aromatic carbocycles. The lowest BCUT2D eigenvalue weighted by molar-refractivity contribution is -0.142. The molecule has 1 heterocycles. The summed E-state index contributed by atoms with van der Waals surface area (Å²) in [6.45, 7) is -1.24. The predicted octanol–water partition coefficient (Wildman–Crippen LogP) is -7.39. The van der Waals surface area contributed by atoms with Crippen LogP contribution in [-0.2, 0) is 49.6 Å². The average Bonchev–Trinajstić information content (AvgIpc) is 3.90. The molecule has 1 aliphatic heterocycles. The fraction of sp³-hybridized carbons (Fsp3) is 0.617. The van der Waals surface area contributed by atoms with Crippen molar-refractivity contribution in [1.29, 1.82) is 0 Å². The van der Waals surface area contributed by atoms with Gasteiger partial charge in [-0.3, -0.25) is 43.3 Å². The van der Waals surface area contributed by atoms with Gasteiger partial charge in [-0.25, -0.2) is 9.18 Å². The van der Waals surface area contributed by atoms with Gasteiger partial charge in [0.2, 0.25) is 47.3 Å². The first-order valence-electron chi connectivity index (χ1n) is 25.4. The maximum absolute atomic E-state index is 15.1. The second-order valence-corrected chi connectivity index (χ2v) is 18.1. The van der Waals surface area contributed by atoms with Gasteiger partial charge in [0.05, 0.1) is 24.8 Å². The van der Waals surface area contributed by atoms with Crippen molar-refractivity contribution < 1.29 is 62.9 Å². The zero-order chi connectivity index (χ0) is 57.6. The molecule has 0 bridgehead atoms. The van der Waals surface area contributed by atoms with Crippen molar-refractivity contribution in [1.82, 2.24) is 42.1 Å². The minimum atomic E-state index is -1.84. The van der Waals surface area contributed by atoms with Crippen molar-refractivity contribution >= 4 is 59.2 Å². The highest BCUT2D eigenvalue weighted by atomic mass is 19.1. The third kappa shape index (κ3) is 23.1. The summed E-state index contributed by atoms with van der Waals surface area (Å²) < 4.78 is 15.1. The largest absolute Gasteiger partial charge is 0.477 e. The van der Waals surface area contributed by atoms with Crippen LogP contribution < -0.4 is 83.1 Å². The second kappa shape index (κ2) is 35.4. The number of hydrogen-bond acceptors (Lipinski definition) is 18. The summed E-state index contributed by atoms with van der Waals surface area (Å²) in [6, 6.07) is -4.74. The van der Waals surface area contributed by atoms with E-state index in [1.165, 1.54) is 29.2 Å². The minimum absolute atomic E-state index is 0.00443. The molecule has 1 aliphatic rings. The van der Waals surface area contributed by atoms with Crippen LogP contribution in [0.25, 0.3) is 0 Å². The number of carboxylic acid groups (broad SMARTS) is 1. The molecule has 0 unspecified atom stereocenters. The van der Waals surface area contributed by atoms with E-state index in [9.17, 15) is 58.5 Å². The first kappa shape index (κ1) is 66.2. The van der Waals surface area contributed by atoms with E-state index in [0.717, 1.165) is 6.07 Å². The van der Waals surface area contributed by atoms with Crippen molar-refractivity contribution in [3.05, 3.63) is 47.4 Å². The molecule has 26 N–H and O–H groups in total. The van der Waals surface area contributed by atoms with Crippen LogP contribution in [0.4, 0.5) is 4.39 Å². The van der Waals surface area contributed by atoms with Crippen LogP contribution in [0.3, 0.4) is 0 Å². The van der Waals surface area contributed by atoms with Gasteiger partial charge in [0.1, 0.15) is 47.8 Å². The zero-order valence-corrected chi connectivity index (χ0v) is 43.1. The van der Waals surface area contributed by atoms with Gasteiger partial charge >= 0.3 is 5.97 Å². The van der Waals surface area contributed by atoms with Gasteiger partial charge in [-0.15, -0.1) is 0 Å². The number of carboxylic acids is 1. The molecule has 30 heteroatoms. The van der Waals surface area contributed by atoms with Crippen molar-refractivity contribution in [2.24, 2.45) is 50.9 Å². The Balaban J connectivity index is 2.33. The van der Waals surface area contributed by atoms with E-state index in [-0.39, 0.29) is 76.2 Å². The Labute approximate surface area is 445 Å². The maximum atomic E-state index is 15.1. The highest BCUT2D eigenvalue weighted by Gasteiger charge is 2.40. The van der Waals surface area contributed by atoms with Crippen LogP contribution in [0.5, 0.6) is 0 Å². The Kier molecular flexibility index (Phi) is 30.4. The van der Waals surface area contributed by atoms with E-state index in [4.69, 9.17) is 45.9 Å². The number of nitrogens with two attached hydrogens (primary N) is 8. The number of likely N-dealkylation sites (tertiary alicyclic amines) is 1. The lowest BCUT2D eigenvalue weighted by Gasteiger charge is -2.30. The summed E-state index contributed by atoms with van der Waals surface area (Å²) in [5, 5.41) is 47.7. The summed E-state index contributed by atoms with van der Waals surface area (Å²) >= 11 is 0. The maximum Gasteiger partial charge on any atom is 0.352 e. The number of aliphatic imine (C=N–C) groups is 1. The summed E-state index contributed by atoms with van der Waals surface area (Å²) in [5.41, 5.74) is 44.2. The van der Waals surface area contributed by atoms with E-state index in [0.29, 0.717) is 38.6 Å². The van der Waals surface area contributed by atoms with Crippen LogP contribution >= 0.6 is 0 Å². The number of nitrogens with one attached hydrogen (secondary N) is 7. The highest BCUT2D eigenvalue weighted by Crippen LogP contribution is 2.21. The molecule has 0 aliphatic carbocycles. The van der Waals surface area contributed by atoms with Gasteiger partial charge in [0, 0.05) is 32.6 Å². The van der Waals surface area contributed by atoms with Gasteiger partial charge in [-0.2, -0.15) is 0 Å². The predicted molar refractivity (Wildman–Crippen MR) is 279 cm³/mol. The first-order chi connectivity index (χ1) is 36.6. The number of amides is 8. The normalized spacial score (nSPS) is 16.5. The molecular formula is C47H80FN17O12. The number of halogens is 1. The van der Waals surface area contributed by atoms with E-state index in [1.54, 1.807) is 0 Å². The molecule has 1 aromatic rings. The number of unbranched alkanes of at least 4 members (excludes halogenated alkanes) is 2. The Morgan fingerprint density at radius 2 is 1.31 bits per heavy atom. The summed E-state index contributed by atoms with van der Waals surface area (Å²) in [7, 11) is 0. The quantitative estimate of drug-likeness (QED) is 0.0128. The van der Waals surface area contributed by atoms with E-state index in [2.05, 4.69) is 42.2 Å². The van der Waals surface area contributed by atoms with Crippen LogP contribution in [0, 0.1) is 5.82 Å². The van der Waals surface area contributed by atoms with Crippen molar-refractivity contribution in [2.45, 2.75) is 132 Å². The van der Waals surface area contributed by atoms with Crippen LogP contribution in [-0.4, -0.2) is 186 Å².